The average molecular weight is 284 g/mol. The smallest absolute Gasteiger partial charge is 0.417 e. The van der Waals surface area contributed by atoms with Gasteiger partial charge in [0.25, 0.3) is 0 Å². The van der Waals surface area contributed by atoms with Crippen molar-refractivity contribution in [3.8, 4) is 0 Å². The first-order valence-electron chi connectivity index (χ1n) is 7.27. The topological polar surface area (TPSA) is 52.6 Å². The number of allylic oxidation sites excluding steroid dienone is 2. The maximum Gasteiger partial charge on any atom is 0.417 e. The maximum atomic E-state index is 11.3. The highest BCUT2D eigenvalue weighted by atomic mass is 16.6. The van der Waals surface area contributed by atoms with E-state index in [2.05, 4.69) is 33.8 Å². The van der Waals surface area contributed by atoms with E-state index >= 15 is 0 Å². The molecule has 0 aliphatic carbocycles. The van der Waals surface area contributed by atoms with Crippen LogP contribution in [0.25, 0.3) is 0 Å². The van der Waals surface area contributed by atoms with Crippen LogP contribution in [0.2, 0.25) is 0 Å². The summed E-state index contributed by atoms with van der Waals surface area (Å²) < 4.78 is 9.66. The maximum absolute atomic E-state index is 11.3. The minimum absolute atomic E-state index is 0.252. The van der Waals surface area contributed by atoms with Crippen LogP contribution in [0.3, 0.4) is 0 Å². The number of esters is 2. The van der Waals surface area contributed by atoms with E-state index in [4.69, 9.17) is 9.47 Å². The van der Waals surface area contributed by atoms with Crippen molar-refractivity contribution in [2.24, 2.45) is 11.8 Å². The Balaban J connectivity index is 3.94. The fraction of sp³-hybridized carbons (Fsp3) is 0.750. The van der Waals surface area contributed by atoms with E-state index in [1.807, 2.05) is 0 Å². The lowest BCUT2D eigenvalue weighted by molar-refractivity contribution is -0.170. The largest absolute Gasteiger partial charge is 0.457 e. The summed E-state index contributed by atoms with van der Waals surface area (Å²) in [5, 5.41) is 0. The third-order valence-corrected chi connectivity index (χ3v) is 2.64. The standard InChI is InChI=1S/C16H28O4/c1-11(2)9-14(6)10-13(5)7-8-19-15(17)16(18)20-12(3)4/h9,11-13H,7-8,10H2,1-6H3. The summed E-state index contributed by atoms with van der Waals surface area (Å²) in [5.74, 6) is -0.853. The lowest BCUT2D eigenvalue weighted by Gasteiger charge is -2.13. The number of hydrogen-bond donors (Lipinski definition) is 0. The van der Waals surface area contributed by atoms with Gasteiger partial charge in [0.15, 0.2) is 0 Å². The minimum Gasteiger partial charge on any atom is -0.457 e. The normalized spacial score (nSPS) is 13.5. The minimum atomic E-state index is -0.913. The van der Waals surface area contributed by atoms with Gasteiger partial charge in [-0.15, -0.1) is 0 Å². The summed E-state index contributed by atoms with van der Waals surface area (Å²) in [6, 6.07) is 0. The van der Waals surface area contributed by atoms with Crippen molar-refractivity contribution in [2.75, 3.05) is 6.61 Å². The van der Waals surface area contributed by atoms with Gasteiger partial charge in [0.1, 0.15) is 0 Å². The number of rotatable bonds is 7. The molecule has 0 aromatic heterocycles. The molecule has 0 heterocycles. The van der Waals surface area contributed by atoms with Gasteiger partial charge in [0, 0.05) is 0 Å². The second-order valence-corrected chi connectivity index (χ2v) is 5.94. The van der Waals surface area contributed by atoms with Gasteiger partial charge >= 0.3 is 11.9 Å². The fourth-order valence-electron chi connectivity index (χ4n) is 1.96. The van der Waals surface area contributed by atoms with E-state index in [1.165, 1.54) is 5.57 Å². The second-order valence-electron chi connectivity index (χ2n) is 5.94. The molecule has 0 spiro atoms. The van der Waals surface area contributed by atoms with Crippen LogP contribution >= 0.6 is 0 Å². The molecule has 0 N–H and O–H groups in total. The molecule has 0 rings (SSSR count). The summed E-state index contributed by atoms with van der Waals surface area (Å²) in [7, 11) is 0. The van der Waals surface area contributed by atoms with Gasteiger partial charge in [-0.1, -0.05) is 32.4 Å². The Bertz CT molecular complexity index is 342. The van der Waals surface area contributed by atoms with Crippen LogP contribution < -0.4 is 0 Å². The fourth-order valence-corrected chi connectivity index (χ4v) is 1.96. The second kappa shape index (κ2) is 9.56. The molecule has 0 fully saturated rings. The van der Waals surface area contributed by atoms with E-state index in [-0.39, 0.29) is 12.7 Å². The summed E-state index contributed by atoms with van der Waals surface area (Å²) >= 11 is 0. The van der Waals surface area contributed by atoms with Crippen LogP contribution in [0.4, 0.5) is 0 Å². The number of carbonyl (C=O) groups excluding carboxylic acids is 2. The molecule has 0 aromatic carbocycles. The Morgan fingerprint density at radius 2 is 1.65 bits per heavy atom. The molecule has 4 nitrogen and oxygen atoms in total. The molecule has 0 saturated heterocycles. The Labute approximate surface area is 122 Å². The van der Waals surface area contributed by atoms with Crippen molar-refractivity contribution >= 4 is 11.9 Å². The van der Waals surface area contributed by atoms with Gasteiger partial charge in [-0.25, -0.2) is 9.59 Å². The Kier molecular flexibility index (Phi) is 8.93. The number of carbonyl (C=O) groups is 2. The van der Waals surface area contributed by atoms with Crippen LogP contribution in [0.15, 0.2) is 11.6 Å². The van der Waals surface area contributed by atoms with Crippen molar-refractivity contribution in [2.45, 2.75) is 60.5 Å². The van der Waals surface area contributed by atoms with E-state index in [0.717, 1.165) is 12.8 Å². The molecule has 1 atom stereocenters. The first-order valence-corrected chi connectivity index (χ1v) is 7.27. The van der Waals surface area contributed by atoms with Gasteiger partial charge in [-0.05, 0) is 45.4 Å². The number of ether oxygens (including phenoxy) is 2. The predicted octanol–water partition coefficient (Wildman–Crippen LogP) is 3.50. The average Bonchev–Trinajstić information content (AvgIpc) is 2.26. The SMILES string of the molecule is CC(=CC(C)C)CC(C)CCOC(=O)C(=O)OC(C)C. The van der Waals surface area contributed by atoms with E-state index in [0.29, 0.717) is 11.8 Å². The highest BCUT2D eigenvalue weighted by molar-refractivity contribution is 6.29. The van der Waals surface area contributed by atoms with Crippen LogP contribution in [0.5, 0.6) is 0 Å². The Morgan fingerprint density at radius 3 is 2.15 bits per heavy atom. The highest BCUT2D eigenvalue weighted by Gasteiger charge is 2.18. The zero-order valence-electron chi connectivity index (χ0n) is 13.6. The van der Waals surface area contributed by atoms with Crippen molar-refractivity contribution in [1.82, 2.24) is 0 Å². The molecular formula is C16H28O4. The van der Waals surface area contributed by atoms with Crippen molar-refractivity contribution in [3.63, 3.8) is 0 Å². The molecule has 0 amide bonds. The molecule has 0 bridgehead atoms. The van der Waals surface area contributed by atoms with Crippen LogP contribution in [-0.2, 0) is 19.1 Å². The van der Waals surface area contributed by atoms with Gasteiger partial charge in [0.2, 0.25) is 0 Å². The molecule has 20 heavy (non-hydrogen) atoms. The van der Waals surface area contributed by atoms with Gasteiger partial charge in [-0.3, -0.25) is 0 Å². The Hall–Kier alpha value is -1.32. The molecule has 1 unspecified atom stereocenters. The van der Waals surface area contributed by atoms with Gasteiger partial charge in [-0.2, -0.15) is 0 Å². The van der Waals surface area contributed by atoms with Crippen LogP contribution in [0.1, 0.15) is 54.4 Å². The molecule has 0 aliphatic rings. The third kappa shape index (κ3) is 9.59. The van der Waals surface area contributed by atoms with Crippen molar-refractivity contribution < 1.29 is 19.1 Å². The highest BCUT2D eigenvalue weighted by Crippen LogP contribution is 2.16. The summed E-state index contributed by atoms with van der Waals surface area (Å²) in [6.07, 6.45) is 3.65. The zero-order chi connectivity index (χ0) is 15.7. The van der Waals surface area contributed by atoms with Crippen LogP contribution in [0, 0.1) is 11.8 Å². The molecule has 4 heteroatoms. The predicted molar refractivity (Wildman–Crippen MR) is 79.2 cm³/mol. The monoisotopic (exact) mass is 284 g/mol. The lowest BCUT2D eigenvalue weighted by Crippen LogP contribution is -2.24. The van der Waals surface area contributed by atoms with Gasteiger partial charge in [0.05, 0.1) is 12.7 Å². The third-order valence-electron chi connectivity index (χ3n) is 2.64. The zero-order valence-corrected chi connectivity index (χ0v) is 13.6. The summed E-state index contributed by atoms with van der Waals surface area (Å²) in [4.78, 5) is 22.5. The molecule has 116 valence electrons. The Morgan fingerprint density at radius 1 is 1.05 bits per heavy atom. The van der Waals surface area contributed by atoms with E-state index in [1.54, 1.807) is 13.8 Å². The van der Waals surface area contributed by atoms with Crippen LogP contribution in [-0.4, -0.2) is 24.6 Å². The van der Waals surface area contributed by atoms with Gasteiger partial charge < -0.3 is 9.47 Å². The quantitative estimate of drug-likeness (QED) is 0.408. The first kappa shape index (κ1) is 18.7. The molecule has 0 aromatic rings. The first-order chi connectivity index (χ1) is 9.22. The summed E-state index contributed by atoms with van der Waals surface area (Å²) in [6.45, 7) is 12.2. The van der Waals surface area contributed by atoms with E-state index < -0.39 is 11.9 Å². The molecular weight excluding hydrogens is 256 g/mol. The molecule has 0 aliphatic heterocycles. The molecule has 0 saturated carbocycles. The molecule has 0 radical (unpaired) electrons. The lowest BCUT2D eigenvalue weighted by atomic mass is 9.97. The number of hydrogen-bond acceptors (Lipinski definition) is 4. The van der Waals surface area contributed by atoms with E-state index in [9.17, 15) is 9.59 Å². The van der Waals surface area contributed by atoms with Crippen molar-refractivity contribution in [1.29, 1.82) is 0 Å². The van der Waals surface area contributed by atoms with Crippen molar-refractivity contribution in [3.05, 3.63) is 11.6 Å². The summed E-state index contributed by atoms with van der Waals surface area (Å²) in [5.41, 5.74) is 1.35.